The van der Waals surface area contributed by atoms with Gasteiger partial charge in [-0.3, -0.25) is 24.5 Å². The number of nitro benzene ring substituents is 1. The van der Waals surface area contributed by atoms with E-state index in [1.807, 2.05) is 0 Å². The number of hydrogen-bond donors (Lipinski definition) is 0. The van der Waals surface area contributed by atoms with E-state index in [1.165, 1.54) is 30.2 Å². The van der Waals surface area contributed by atoms with Gasteiger partial charge in [-0.15, -0.1) is 0 Å². The van der Waals surface area contributed by atoms with E-state index >= 15 is 0 Å². The number of nitrogens with zero attached hydrogens (tertiary/aromatic N) is 3. The zero-order chi connectivity index (χ0) is 22.1. The van der Waals surface area contributed by atoms with Crippen LogP contribution in [0.4, 0.5) is 11.4 Å². The van der Waals surface area contributed by atoms with Crippen LogP contribution in [-0.2, 0) is 9.59 Å². The molecule has 2 aromatic carbocycles. The fraction of sp³-hybridized carbons (Fsp3) is 0.318. The first-order chi connectivity index (χ1) is 14.9. The van der Waals surface area contributed by atoms with Gasteiger partial charge in [-0.25, -0.2) is 0 Å². The van der Waals surface area contributed by atoms with E-state index in [4.69, 9.17) is 4.74 Å². The van der Waals surface area contributed by atoms with Gasteiger partial charge in [0.2, 0.25) is 5.91 Å². The van der Waals surface area contributed by atoms with Crippen molar-refractivity contribution in [1.82, 2.24) is 4.90 Å². The molecule has 0 spiro atoms. The second-order valence-corrected chi connectivity index (χ2v) is 7.54. The summed E-state index contributed by atoms with van der Waals surface area (Å²) in [6.45, 7) is 0.700. The summed E-state index contributed by atoms with van der Waals surface area (Å²) in [6, 6.07) is 10.3. The summed E-state index contributed by atoms with van der Waals surface area (Å²) in [6.07, 6.45) is 0.610. The third kappa shape index (κ3) is 3.86. The van der Waals surface area contributed by atoms with Gasteiger partial charge in [-0.1, -0.05) is 0 Å². The fourth-order valence-corrected chi connectivity index (χ4v) is 4.09. The first-order valence-electron chi connectivity index (χ1n) is 9.94. The lowest BCUT2D eigenvalue weighted by molar-refractivity contribution is -0.384. The number of benzene rings is 2. The minimum Gasteiger partial charge on any atom is -0.497 e. The number of rotatable bonds is 5. The summed E-state index contributed by atoms with van der Waals surface area (Å²) in [5, 5.41) is 11.3. The quantitative estimate of drug-likeness (QED) is 0.540. The van der Waals surface area contributed by atoms with Crippen LogP contribution in [0.3, 0.4) is 0 Å². The summed E-state index contributed by atoms with van der Waals surface area (Å²) in [4.78, 5) is 51.6. The Morgan fingerprint density at radius 2 is 1.81 bits per heavy atom. The highest BCUT2D eigenvalue weighted by Gasteiger charge is 2.40. The summed E-state index contributed by atoms with van der Waals surface area (Å²) >= 11 is 0. The molecule has 0 N–H and O–H groups in total. The molecule has 9 nitrogen and oxygen atoms in total. The number of non-ortho nitro benzene ring substituents is 1. The number of amides is 2. The molecule has 1 fully saturated rings. The van der Waals surface area contributed by atoms with Crippen molar-refractivity contribution in [3.8, 4) is 5.75 Å². The Bertz CT molecular complexity index is 1060. The van der Waals surface area contributed by atoms with Gasteiger partial charge < -0.3 is 14.5 Å². The molecular formula is C22H21N3O6. The minimum absolute atomic E-state index is 0.0277. The first kappa shape index (κ1) is 20.5. The number of ketones is 1. The Balaban J connectivity index is 1.70. The number of likely N-dealkylation sites (tertiary alicyclic amines) is 1. The van der Waals surface area contributed by atoms with E-state index in [-0.39, 0.29) is 29.7 Å². The molecular weight excluding hydrogens is 402 g/mol. The molecule has 160 valence electrons. The van der Waals surface area contributed by atoms with E-state index in [1.54, 1.807) is 29.2 Å². The molecule has 2 aromatic rings. The standard InChI is InChI=1S/C22H21N3O6/c1-31-17-5-2-14(3-6-17)24-20(13-21(27)23-10-8-16(26)9-11-23)19-12-15(25(29)30)4-7-18(19)22(24)28/h2-7,12,20H,8-11,13H2,1H3. The van der Waals surface area contributed by atoms with Crippen LogP contribution in [0.2, 0.25) is 0 Å². The van der Waals surface area contributed by atoms with Crippen molar-refractivity contribution in [2.45, 2.75) is 25.3 Å². The lowest BCUT2D eigenvalue weighted by atomic mass is 9.99. The molecule has 2 aliphatic heterocycles. The number of anilines is 1. The predicted molar refractivity (Wildman–Crippen MR) is 111 cm³/mol. The highest BCUT2D eigenvalue weighted by Crippen LogP contribution is 2.41. The van der Waals surface area contributed by atoms with Crippen LogP contribution < -0.4 is 9.64 Å². The van der Waals surface area contributed by atoms with Crippen molar-refractivity contribution in [2.75, 3.05) is 25.1 Å². The van der Waals surface area contributed by atoms with Gasteiger partial charge in [0.15, 0.2) is 0 Å². The molecule has 31 heavy (non-hydrogen) atoms. The van der Waals surface area contributed by atoms with Crippen LogP contribution in [0.1, 0.15) is 41.2 Å². The van der Waals surface area contributed by atoms with Gasteiger partial charge in [0.1, 0.15) is 11.5 Å². The predicted octanol–water partition coefficient (Wildman–Crippen LogP) is 2.89. The fourth-order valence-electron chi connectivity index (χ4n) is 4.09. The van der Waals surface area contributed by atoms with E-state index in [0.717, 1.165) is 0 Å². The summed E-state index contributed by atoms with van der Waals surface area (Å²) < 4.78 is 5.18. The van der Waals surface area contributed by atoms with Crippen LogP contribution in [0.5, 0.6) is 5.75 Å². The van der Waals surface area contributed by atoms with Crippen molar-refractivity contribution in [3.63, 3.8) is 0 Å². The number of hydrogen-bond acceptors (Lipinski definition) is 6. The molecule has 0 bridgehead atoms. The summed E-state index contributed by atoms with van der Waals surface area (Å²) in [5.74, 6) is 0.236. The molecule has 0 aliphatic carbocycles. The highest BCUT2D eigenvalue weighted by molar-refractivity contribution is 6.11. The lowest BCUT2D eigenvalue weighted by Crippen LogP contribution is -2.40. The van der Waals surface area contributed by atoms with Gasteiger partial charge in [0.25, 0.3) is 11.6 Å². The van der Waals surface area contributed by atoms with Crippen molar-refractivity contribution in [3.05, 3.63) is 63.7 Å². The molecule has 1 unspecified atom stereocenters. The monoisotopic (exact) mass is 423 g/mol. The topological polar surface area (TPSA) is 110 Å². The van der Waals surface area contributed by atoms with E-state index in [0.29, 0.717) is 48.5 Å². The number of carbonyl (C=O) groups is 3. The number of piperidine rings is 1. The van der Waals surface area contributed by atoms with Gasteiger partial charge >= 0.3 is 0 Å². The maximum absolute atomic E-state index is 13.2. The molecule has 2 amide bonds. The third-order valence-corrected chi connectivity index (χ3v) is 5.76. The minimum atomic E-state index is -0.680. The largest absolute Gasteiger partial charge is 0.497 e. The van der Waals surface area contributed by atoms with Gasteiger partial charge in [0.05, 0.1) is 24.5 Å². The maximum Gasteiger partial charge on any atom is 0.269 e. The van der Waals surface area contributed by atoms with Crippen molar-refractivity contribution < 1.29 is 24.0 Å². The average molecular weight is 423 g/mol. The third-order valence-electron chi connectivity index (χ3n) is 5.76. The number of ether oxygens (including phenoxy) is 1. The summed E-state index contributed by atoms with van der Waals surface area (Å²) in [7, 11) is 1.54. The van der Waals surface area contributed by atoms with Gasteiger partial charge in [-0.2, -0.15) is 0 Å². The van der Waals surface area contributed by atoms with Crippen molar-refractivity contribution in [1.29, 1.82) is 0 Å². The normalized spacial score (nSPS) is 18.2. The Hall–Kier alpha value is -3.75. The molecule has 1 atom stereocenters. The first-order valence-corrected chi connectivity index (χ1v) is 9.94. The molecule has 0 radical (unpaired) electrons. The van der Waals surface area contributed by atoms with Crippen LogP contribution in [0, 0.1) is 10.1 Å². The van der Waals surface area contributed by atoms with Crippen LogP contribution >= 0.6 is 0 Å². The van der Waals surface area contributed by atoms with Crippen LogP contribution in [0.25, 0.3) is 0 Å². The van der Waals surface area contributed by atoms with E-state index in [2.05, 4.69) is 0 Å². The Labute approximate surface area is 178 Å². The number of fused-ring (bicyclic) bond motifs is 1. The van der Waals surface area contributed by atoms with Crippen molar-refractivity contribution >= 4 is 29.0 Å². The Morgan fingerprint density at radius 1 is 1.13 bits per heavy atom. The van der Waals surface area contributed by atoms with E-state index in [9.17, 15) is 24.5 Å². The molecule has 0 saturated carbocycles. The zero-order valence-corrected chi connectivity index (χ0v) is 16.9. The van der Waals surface area contributed by atoms with E-state index < -0.39 is 11.0 Å². The summed E-state index contributed by atoms with van der Waals surface area (Å²) in [5.41, 5.74) is 1.23. The smallest absolute Gasteiger partial charge is 0.269 e. The zero-order valence-electron chi connectivity index (χ0n) is 16.9. The maximum atomic E-state index is 13.2. The van der Waals surface area contributed by atoms with Gasteiger partial charge in [0, 0.05) is 49.3 Å². The Morgan fingerprint density at radius 3 is 2.42 bits per heavy atom. The second kappa shape index (κ2) is 8.17. The second-order valence-electron chi connectivity index (χ2n) is 7.54. The lowest BCUT2D eigenvalue weighted by Gasteiger charge is -2.30. The molecule has 1 saturated heterocycles. The SMILES string of the molecule is COc1ccc(N2C(=O)c3ccc([N+](=O)[O-])cc3C2CC(=O)N2CCC(=O)CC2)cc1. The van der Waals surface area contributed by atoms with Gasteiger partial charge in [-0.05, 0) is 35.9 Å². The molecule has 9 heteroatoms. The molecule has 2 aliphatic rings. The van der Waals surface area contributed by atoms with Crippen molar-refractivity contribution in [2.24, 2.45) is 0 Å². The Kier molecular flexibility index (Phi) is 5.41. The average Bonchev–Trinajstić information content (AvgIpc) is 3.05. The molecule has 0 aromatic heterocycles. The van der Waals surface area contributed by atoms with Crippen LogP contribution in [-0.4, -0.2) is 47.6 Å². The highest BCUT2D eigenvalue weighted by atomic mass is 16.6. The van der Waals surface area contributed by atoms with Crippen LogP contribution in [0.15, 0.2) is 42.5 Å². The molecule has 2 heterocycles. The number of carbonyl (C=O) groups excluding carboxylic acids is 3. The number of nitro groups is 1. The number of methoxy groups -OCH3 is 1. The number of Topliss-reactive ketones (excluding diaryl/α,β-unsaturated/α-hetero) is 1. The molecule has 4 rings (SSSR count).